The second-order valence-corrected chi connectivity index (χ2v) is 3.76. The second kappa shape index (κ2) is 4.44. The van der Waals surface area contributed by atoms with Crippen molar-refractivity contribution in [1.82, 2.24) is 10.1 Å². The van der Waals surface area contributed by atoms with Crippen LogP contribution in [0.3, 0.4) is 0 Å². The number of piperidine rings is 1. The molecule has 2 heterocycles. The van der Waals surface area contributed by atoms with E-state index in [0.29, 0.717) is 12.3 Å². The fourth-order valence-electron chi connectivity index (χ4n) is 1.98. The molecule has 1 saturated heterocycles. The van der Waals surface area contributed by atoms with Gasteiger partial charge in [0.05, 0.1) is 6.20 Å². The van der Waals surface area contributed by atoms with Gasteiger partial charge in [-0.25, -0.2) is 0 Å². The molecule has 5 heteroatoms. The third-order valence-corrected chi connectivity index (χ3v) is 2.81. The highest BCUT2D eigenvalue weighted by molar-refractivity contribution is 5.91. The van der Waals surface area contributed by atoms with E-state index in [1.807, 2.05) is 0 Å². The molecule has 0 spiro atoms. The number of carbonyl (C=O) groups is 1. The maximum atomic E-state index is 12.0. The van der Waals surface area contributed by atoms with Gasteiger partial charge >= 0.3 is 0 Å². The van der Waals surface area contributed by atoms with E-state index in [-0.39, 0.29) is 11.9 Å². The molecule has 1 aromatic heterocycles. The largest absolute Gasteiger partial charge is 0.351 e. The summed E-state index contributed by atoms with van der Waals surface area (Å²) in [4.78, 5) is 13.8. The van der Waals surface area contributed by atoms with E-state index in [9.17, 15) is 4.79 Å². The summed E-state index contributed by atoms with van der Waals surface area (Å²) in [7, 11) is 0. The molecule has 0 bridgehead atoms. The number of amides is 1. The van der Waals surface area contributed by atoms with Crippen LogP contribution in [0.1, 0.15) is 29.8 Å². The van der Waals surface area contributed by atoms with E-state index < -0.39 is 0 Å². The quantitative estimate of drug-likeness (QED) is 0.775. The molecule has 0 aromatic carbocycles. The molecule has 0 aliphatic carbocycles. The lowest BCUT2D eigenvalue weighted by molar-refractivity contribution is 0.0581. The van der Waals surface area contributed by atoms with Crippen molar-refractivity contribution < 1.29 is 9.32 Å². The maximum absolute atomic E-state index is 12.0. The maximum Gasteiger partial charge on any atom is 0.292 e. The highest BCUT2D eigenvalue weighted by Crippen LogP contribution is 2.18. The van der Waals surface area contributed by atoms with Crippen molar-refractivity contribution in [3.05, 3.63) is 18.0 Å². The second-order valence-electron chi connectivity index (χ2n) is 3.76. The molecule has 5 nitrogen and oxygen atoms in total. The number of carbonyl (C=O) groups excluding carboxylic acids is 1. The Labute approximate surface area is 88.2 Å². The number of hydrogen-bond acceptors (Lipinski definition) is 4. The molecule has 1 aliphatic heterocycles. The predicted molar refractivity (Wildman–Crippen MR) is 54.2 cm³/mol. The van der Waals surface area contributed by atoms with Gasteiger partial charge in [0.2, 0.25) is 5.76 Å². The van der Waals surface area contributed by atoms with Gasteiger partial charge < -0.3 is 15.2 Å². The zero-order valence-corrected chi connectivity index (χ0v) is 8.56. The number of nitrogens with two attached hydrogens (primary N) is 1. The summed E-state index contributed by atoms with van der Waals surface area (Å²) in [6.07, 6.45) is 4.64. The average molecular weight is 209 g/mol. The first-order valence-corrected chi connectivity index (χ1v) is 5.24. The third kappa shape index (κ3) is 2.02. The Morgan fingerprint density at radius 2 is 2.53 bits per heavy atom. The topological polar surface area (TPSA) is 72.4 Å². The lowest BCUT2D eigenvalue weighted by Crippen LogP contribution is -2.47. The Morgan fingerprint density at radius 3 is 3.20 bits per heavy atom. The van der Waals surface area contributed by atoms with E-state index in [1.54, 1.807) is 11.0 Å². The smallest absolute Gasteiger partial charge is 0.292 e. The SMILES string of the molecule is NCC1CCCCN1C(=O)c1ccno1. The molecule has 82 valence electrons. The van der Waals surface area contributed by atoms with Crippen molar-refractivity contribution >= 4 is 5.91 Å². The Balaban J connectivity index is 2.11. The van der Waals surface area contributed by atoms with Gasteiger partial charge in [-0.1, -0.05) is 5.16 Å². The molecule has 1 atom stereocenters. The van der Waals surface area contributed by atoms with Crippen LogP contribution in [-0.4, -0.2) is 35.1 Å². The molecule has 1 amide bonds. The van der Waals surface area contributed by atoms with Crippen LogP contribution in [0.15, 0.2) is 16.8 Å². The number of rotatable bonds is 2. The van der Waals surface area contributed by atoms with Crippen LogP contribution in [0.2, 0.25) is 0 Å². The van der Waals surface area contributed by atoms with Crippen LogP contribution in [0.4, 0.5) is 0 Å². The lowest BCUT2D eigenvalue weighted by atomic mass is 10.0. The molecular weight excluding hydrogens is 194 g/mol. The third-order valence-electron chi connectivity index (χ3n) is 2.81. The normalized spacial score (nSPS) is 21.7. The van der Waals surface area contributed by atoms with E-state index in [1.165, 1.54) is 6.20 Å². The molecule has 0 saturated carbocycles. The summed E-state index contributed by atoms with van der Waals surface area (Å²) in [5.41, 5.74) is 5.64. The monoisotopic (exact) mass is 209 g/mol. The van der Waals surface area contributed by atoms with Gasteiger partial charge in [-0.2, -0.15) is 0 Å². The van der Waals surface area contributed by atoms with Crippen LogP contribution in [0.25, 0.3) is 0 Å². The van der Waals surface area contributed by atoms with Gasteiger partial charge in [0.15, 0.2) is 0 Å². The minimum atomic E-state index is -0.0948. The van der Waals surface area contributed by atoms with Crippen molar-refractivity contribution in [2.45, 2.75) is 25.3 Å². The van der Waals surface area contributed by atoms with Gasteiger partial charge in [0.1, 0.15) is 0 Å². The van der Waals surface area contributed by atoms with Gasteiger partial charge in [0, 0.05) is 25.2 Å². The van der Waals surface area contributed by atoms with E-state index >= 15 is 0 Å². The van der Waals surface area contributed by atoms with Crippen LogP contribution in [0, 0.1) is 0 Å². The first-order valence-electron chi connectivity index (χ1n) is 5.24. The predicted octanol–water partition coefficient (Wildman–Crippen LogP) is 0.628. The molecule has 1 aromatic rings. The highest BCUT2D eigenvalue weighted by atomic mass is 16.5. The zero-order chi connectivity index (χ0) is 10.7. The van der Waals surface area contributed by atoms with Crippen molar-refractivity contribution in [2.24, 2.45) is 5.73 Å². The summed E-state index contributed by atoms with van der Waals surface area (Å²) in [5, 5.41) is 3.54. The van der Waals surface area contributed by atoms with Crippen LogP contribution < -0.4 is 5.73 Å². The lowest BCUT2D eigenvalue weighted by Gasteiger charge is -2.34. The number of likely N-dealkylation sites (tertiary alicyclic amines) is 1. The van der Waals surface area contributed by atoms with E-state index in [4.69, 9.17) is 10.3 Å². The van der Waals surface area contributed by atoms with E-state index in [2.05, 4.69) is 5.16 Å². The van der Waals surface area contributed by atoms with E-state index in [0.717, 1.165) is 25.8 Å². The van der Waals surface area contributed by atoms with Gasteiger partial charge in [0.25, 0.3) is 5.91 Å². The van der Waals surface area contributed by atoms with Gasteiger partial charge in [-0.3, -0.25) is 4.79 Å². The first-order chi connectivity index (χ1) is 7.33. The van der Waals surface area contributed by atoms with Crippen LogP contribution in [0.5, 0.6) is 0 Å². The highest BCUT2D eigenvalue weighted by Gasteiger charge is 2.28. The zero-order valence-electron chi connectivity index (χ0n) is 8.56. The molecule has 15 heavy (non-hydrogen) atoms. The summed E-state index contributed by atoms with van der Waals surface area (Å²) >= 11 is 0. The van der Waals surface area contributed by atoms with Crippen LogP contribution in [-0.2, 0) is 0 Å². The Morgan fingerprint density at radius 1 is 1.67 bits per heavy atom. The van der Waals surface area contributed by atoms with Crippen molar-refractivity contribution in [3.63, 3.8) is 0 Å². The first kappa shape index (κ1) is 10.2. The molecule has 2 N–H and O–H groups in total. The fraction of sp³-hybridized carbons (Fsp3) is 0.600. The molecule has 1 unspecified atom stereocenters. The van der Waals surface area contributed by atoms with Gasteiger partial charge in [-0.15, -0.1) is 0 Å². The summed E-state index contributed by atoms with van der Waals surface area (Å²) in [5.74, 6) is 0.206. The molecule has 1 fully saturated rings. The molecule has 2 rings (SSSR count). The molecular formula is C10H15N3O2. The average Bonchev–Trinajstić information content (AvgIpc) is 2.81. The summed E-state index contributed by atoms with van der Waals surface area (Å²) in [6.45, 7) is 1.28. The molecule has 1 aliphatic rings. The Hall–Kier alpha value is -1.36. The Kier molecular flexibility index (Phi) is 3.01. The van der Waals surface area contributed by atoms with Crippen LogP contribution >= 0.6 is 0 Å². The standard InChI is InChI=1S/C10H15N3O2/c11-7-8-3-1-2-6-13(8)10(14)9-4-5-12-15-9/h4-5,8H,1-3,6-7,11H2. The molecule has 0 radical (unpaired) electrons. The Bertz CT molecular complexity index is 323. The summed E-state index contributed by atoms with van der Waals surface area (Å²) < 4.78 is 4.86. The number of nitrogens with zero attached hydrogens (tertiary/aromatic N) is 2. The number of hydrogen-bond donors (Lipinski definition) is 1. The van der Waals surface area contributed by atoms with Crippen molar-refractivity contribution in [1.29, 1.82) is 0 Å². The number of aromatic nitrogens is 1. The van der Waals surface area contributed by atoms with Gasteiger partial charge in [-0.05, 0) is 19.3 Å². The minimum absolute atomic E-state index is 0.0948. The fourth-order valence-corrected chi connectivity index (χ4v) is 1.98. The minimum Gasteiger partial charge on any atom is -0.351 e. The van der Waals surface area contributed by atoms with Crippen molar-refractivity contribution in [3.8, 4) is 0 Å². The summed E-state index contributed by atoms with van der Waals surface area (Å²) in [6, 6.07) is 1.74. The van der Waals surface area contributed by atoms with Crippen molar-refractivity contribution in [2.75, 3.05) is 13.1 Å².